The summed E-state index contributed by atoms with van der Waals surface area (Å²) in [7, 11) is 0. The van der Waals surface area contributed by atoms with Gasteiger partial charge in [-0.2, -0.15) is 0 Å². The van der Waals surface area contributed by atoms with Crippen LogP contribution < -0.4 is 11.1 Å². The Labute approximate surface area is 115 Å². The molecule has 3 N–H and O–H groups in total. The molecule has 1 atom stereocenters. The topological polar surface area (TPSA) is 64.3 Å². The molecule has 4 nitrogen and oxygen atoms in total. The summed E-state index contributed by atoms with van der Waals surface area (Å²) >= 11 is 5.07. The third kappa shape index (κ3) is 5.31. The first-order chi connectivity index (χ1) is 8.65. The summed E-state index contributed by atoms with van der Waals surface area (Å²) < 4.78 is 5.22. The van der Waals surface area contributed by atoms with Gasteiger partial charge < -0.3 is 15.8 Å². The van der Waals surface area contributed by atoms with Crippen LogP contribution in [0.4, 0.5) is 0 Å². The number of ether oxygens (including phenoxy) is 1. The van der Waals surface area contributed by atoms with E-state index in [2.05, 4.69) is 5.32 Å². The van der Waals surface area contributed by atoms with E-state index < -0.39 is 0 Å². The van der Waals surface area contributed by atoms with Gasteiger partial charge in [0.05, 0.1) is 11.0 Å². The first-order valence-electron chi connectivity index (χ1n) is 6.81. The molecule has 0 aliphatic heterocycles. The molecule has 1 amide bonds. The van der Waals surface area contributed by atoms with Crippen LogP contribution in [-0.4, -0.2) is 30.2 Å². The second-order valence-corrected chi connectivity index (χ2v) is 5.37. The van der Waals surface area contributed by atoms with Crippen molar-refractivity contribution in [3.8, 4) is 0 Å². The average Bonchev–Trinajstić information content (AvgIpc) is 2.37. The molecule has 0 radical (unpaired) electrons. The number of nitrogens with two attached hydrogens (primary N) is 1. The van der Waals surface area contributed by atoms with E-state index in [1.807, 2.05) is 6.92 Å². The normalized spacial score (nSPS) is 18.3. The third-order valence-electron chi connectivity index (χ3n) is 3.33. The fourth-order valence-electron chi connectivity index (χ4n) is 2.41. The molecule has 0 saturated heterocycles. The van der Waals surface area contributed by atoms with Crippen LogP contribution in [0.5, 0.6) is 0 Å². The number of nitrogens with one attached hydrogen (secondary N) is 1. The van der Waals surface area contributed by atoms with Crippen LogP contribution in [0.1, 0.15) is 45.4 Å². The van der Waals surface area contributed by atoms with Crippen molar-refractivity contribution >= 4 is 23.1 Å². The number of hydrogen-bond donors (Lipinski definition) is 2. The van der Waals surface area contributed by atoms with E-state index in [0.29, 0.717) is 17.5 Å². The van der Waals surface area contributed by atoms with E-state index in [1.54, 1.807) is 0 Å². The summed E-state index contributed by atoms with van der Waals surface area (Å²) in [6, 6.07) is -0.168. The van der Waals surface area contributed by atoms with E-state index >= 15 is 0 Å². The molecule has 104 valence electrons. The van der Waals surface area contributed by atoms with Crippen LogP contribution in [0.2, 0.25) is 0 Å². The molecule has 0 aromatic heterocycles. The number of thiocarbonyl (C=S) groups is 1. The summed E-state index contributed by atoms with van der Waals surface area (Å²) in [6.45, 7) is 2.71. The van der Waals surface area contributed by atoms with E-state index in [4.69, 9.17) is 22.7 Å². The largest absolute Gasteiger partial charge is 0.392 e. The number of carbonyl (C=O) groups excluding carboxylic acids is 1. The van der Waals surface area contributed by atoms with Gasteiger partial charge in [0, 0.05) is 6.61 Å². The molecule has 18 heavy (non-hydrogen) atoms. The lowest BCUT2D eigenvalue weighted by atomic mass is 9.84. The molecule has 1 aliphatic carbocycles. The minimum atomic E-state index is -0.168. The van der Waals surface area contributed by atoms with Gasteiger partial charge in [-0.05, 0) is 25.2 Å². The van der Waals surface area contributed by atoms with Crippen LogP contribution in [0, 0.1) is 5.92 Å². The van der Waals surface area contributed by atoms with E-state index in [-0.39, 0.29) is 18.6 Å². The molecular weight excluding hydrogens is 248 g/mol. The lowest BCUT2D eigenvalue weighted by molar-refractivity contribution is -0.126. The van der Waals surface area contributed by atoms with Crippen molar-refractivity contribution in [3.05, 3.63) is 0 Å². The van der Waals surface area contributed by atoms with Gasteiger partial charge in [-0.25, -0.2) is 0 Å². The van der Waals surface area contributed by atoms with Crippen LogP contribution in [0.3, 0.4) is 0 Å². The van der Waals surface area contributed by atoms with Crippen molar-refractivity contribution in [1.29, 1.82) is 0 Å². The number of hydrogen-bond acceptors (Lipinski definition) is 3. The summed E-state index contributed by atoms with van der Waals surface area (Å²) in [5.74, 6) is 0.276. The smallest absolute Gasteiger partial charge is 0.246 e. The van der Waals surface area contributed by atoms with Crippen molar-refractivity contribution < 1.29 is 9.53 Å². The first-order valence-corrected chi connectivity index (χ1v) is 7.22. The highest BCUT2D eigenvalue weighted by molar-refractivity contribution is 7.80. The minimum Gasteiger partial charge on any atom is -0.392 e. The Balaban J connectivity index is 2.41. The van der Waals surface area contributed by atoms with Gasteiger partial charge in [0.15, 0.2) is 0 Å². The van der Waals surface area contributed by atoms with E-state index in [1.165, 1.54) is 19.3 Å². The molecule has 0 heterocycles. The summed E-state index contributed by atoms with van der Waals surface area (Å²) in [5.41, 5.74) is 5.75. The van der Waals surface area contributed by atoms with Gasteiger partial charge in [-0.15, -0.1) is 0 Å². The monoisotopic (exact) mass is 272 g/mol. The van der Waals surface area contributed by atoms with Crippen molar-refractivity contribution in [2.75, 3.05) is 13.2 Å². The highest BCUT2D eigenvalue weighted by Gasteiger charge is 2.27. The van der Waals surface area contributed by atoms with Gasteiger partial charge >= 0.3 is 0 Å². The standard InChI is InChI=1S/C13H24N2O2S/c1-2-8-17-9-11(16)15-12(13(14)18)10-6-4-3-5-7-10/h10,12H,2-9H2,1H3,(H2,14,18)(H,15,16). The van der Waals surface area contributed by atoms with E-state index in [9.17, 15) is 4.79 Å². The predicted molar refractivity (Wildman–Crippen MR) is 76.4 cm³/mol. The molecule has 1 aliphatic rings. The van der Waals surface area contributed by atoms with Crippen molar-refractivity contribution in [3.63, 3.8) is 0 Å². The minimum absolute atomic E-state index is 0.0969. The fraction of sp³-hybridized carbons (Fsp3) is 0.846. The maximum Gasteiger partial charge on any atom is 0.246 e. The molecule has 0 spiro atoms. The van der Waals surface area contributed by atoms with Crippen LogP contribution in [0.25, 0.3) is 0 Å². The highest BCUT2D eigenvalue weighted by atomic mass is 32.1. The summed E-state index contributed by atoms with van der Waals surface area (Å²) in [6.07, 6.45) is 6.77. The van der Waals surface area contributed by atoms with Gasteiger partial charge in [-0.1, -0.05) is 38.4 Å². The molecule has 1 fully saturated rings. The molecule has 1 unspecified atom stereocenters. The van der Waals surface area contributed by atoms with Gasteiger partial charge in [0.1, 0.15) is 6.61 Å². The molecule has 0 aromatic rings. The average molecular weight is 272 g/mol. The molecule has 5 heteroatoms. The van der Waals surface area contributed by atoms with Crippen molar-refractivity contribution in [1.82, 2.24) is 5.32 Å². The Hall–Kier alpha value is -0.680. The maximum atomic E-state index is 11.7. The Kier molecular flexibility index (Phi) is 7.20. The second-order valence-electron chi connectivity index (χ2n) is 4.90. The fourth-order valence-corrected chi connectivity index (χ4v) is 2.66. The van der Waals surface area contributed by atoms with Crippen LogP contribution in [-0.2, 0) is 9.53 Å². The molecule has 1 saturated carbocycles. The quantitative estimate of drug-likeness (QED) is 0.547. The Bertz CT molecular complexity index is 278. The summed E-state index contributed by atoms with van der Waals surface area (Å²) in [5, 5.41) is 2.91. The Morgan fingerprint density at radius 1 is 1.44 bits per heavy atom. The van der Waals surface area contributed by atoms with Crippen molar-refractivity contribution in [2.45, 2.75) is 51.5 Å². The number of amides is 1. The first kappa shape index (κ1) is 15.4. The van der Waals surface area contributed by atoms with Crippen LogP contribution in [0.15, 0.2) is 0 Å². The van der Waals surface area contributed by atoms with Crippen LogP contribution >= 0.6 is 12.2 Å². The maximum absolute atomic E-state index is 11.7. The van der Waals surface area contributed by atoms with E-state index in [0.717, 1.165) is 19.3 Å². The van der Waals surface area contributed by atoms with Gasteiger partial charge in [0.25, 0.3) is 0 Å². The second kappa shape index (κ2) is 8.43. The molecule has 1 rings (SSSR count). The zero-order valence-corrected chi connectivity index (χ0v) is 11.9. The molecular formula is C13H24N2O2S. The predicted octanol–water partition coefficient (Wildman–Crippen LogP) is 1.76. The lowest BCUT2D eigenvalue weighted by Crippen LogP contribution is -2.49. The molecule has 0 bridgehead atoms. The SMILES string of the molecule is CCCOCC(=O)NC(C(N)=S)C1CCCCC1. The number of rotatable bonds is 7. The number of carbonyl (C=O) groups is 1. The van der Waals surface area contributed by atoms with Gasteiger partial charge in [-0.3, -0.25) is 4.79 Å². The Morgan fingerprint density at radius 2 is 2.11 bits per heavy atom. The summed E-state index contributed by atoms with van der Waals surface area (Å²) in [4.78, 5) is 12.1. The lowest BCUT2D eigenvalue weighted by Gasteiger charge is -2.30. The molecule has 0 aromatic carbocycles. The highest BCUT2D eigenvalue weighted by Crippen LogP contribution is 2.26. The zero-order chi connectivity index (χ0) is 13.4. The Morgan fingerprint density at radius 3 is 2.67 bits per heavy atom. The zero-order valence-electron chi connectivity index (χ0n) is 11.1. The third-order valence-corrected chi connectivity index (χ3v) is 3.58. The van der Waals surface area contributed by atoms with Crippen molar-refractivity contribution in [2.24, 2.45) is 11.7 Å². The van der Waals surface area contributed by atoms with Gasteiger partial charge in [0.2, 0.25) is 5.91 Å².